The molecule has 0 aromatic heterocycles. The molecular formula is C13H16ClN3OS. The van der Waals surface area contributed by atoms with Crippen LogP contribution in [0, 0.1) is 0 Å². The molecule has 3 N–H and O–H groups in total. The Hall–Kier alpha value is -1.33. The van der Waals surface area contributed by atoms with Crippen LogP contribution in [0.2, 0.25) is 5.02 Å². The number of amides is 1. The summed E-state index contributed by atoms with van der Waals surface area (Å²) in [6.07, 6.45) is 1.38. The number of nitrogens with zero attached hydrogens (tertiary/aromatic N) is 1. The Morgan fingerprint density at radius 2 is 2.32 bits per heavy atom. The molecule has 2 rings (SSSR count). The zero-order chi connectivity index (χ0) is 14.0. The van der Waals surface area contributed by atoms with Gasteiger partial charge in [0, 0.05) is 31.6 Å². The van der Waals surface area contributed by atoms with Crippen molar-refractivity contribution in [1.29, 1.82) is 0 Å². The molecule has 1 unspecified atom stereocenters. The first kappa shape index (κ1) is 14.1. The van der Waals surface area contributed by atoms with Crippen molar-refractivity contribution in [3.05, 3.63) is 28.8 Å². The van der Waals surface area contributed by atoms with Gasteiger partial charge in [0.05, 0.1) is 10.7 Å². The van der Waals surface area contributed by atoms with Crippen LogP contribution >= 0.6 is 23.8 Å². The maximum absolute atomic E-state index is 11.4. The Labute approximate surface area is 122 Å². The lowest BCUT2D eigenvalue weighted by Gasteiger charge is -2.31. The molecule has 0 aliphatic carbocycles. The fraction of sp³-hybridized carbons (Fsp3) is 0.385. The topological polar surface area (TPSA) is 58.4 Å². The zero-order valence-electron chi connectivity index (χ0n) is 10.6. The van der Waals surface area contributed by atoms with Crippen molar-refractivity contribution in [3.63, 3.8) is 0 Å². The number of halogens is 1. The zero-order valence-corrected chi connectivity index (χ0v) is 12.2. The standard InChI is InChI=1S/C13H16ClN3OS/c1-17-7-9(3-5-12(17)18)16-11-4-2-8(13(15)19)6-10(11)14/h2,4,6,9,16H,3,5,7H2,1H3,(H2,15,19). The quantitative estimate of drug-likeness (QED) is 0.838. The van der Waals surface area contributed by atoms with Gasteiger partial charge in [-0.05, 0) is 24.6 Å². The van der Waals surface area contributed by atoms with Gasteiger partial charge in [-0.15, -0.1) is 0 Å². The Morgan fingerprint density at radius 3 is 2.89 bits per heavy atom. The number of nitrogens with two attached hydrogens (primary N) is 1. The summed E-state index contributed by atoms with van der Waals surface area (Å²) in [7, 11) is 1.81. The van der Waals surface area contributed by atoms with Gasteiger partial charge >= 0.3 is 0 Å². The molecule has 1 aromatic carbocycles. The maximum atomic E-state index is 11.4. The second-order valence-corrected chi connectivity index (χ2v) is 5.56. The summed E-state index contributed by atoms with van der Waals surface area (Å²) in [6, 6.07) is 5.68. The van der Waals surface area contributed by atoms with Crippen molar-refractivity contribution in [1.82, 2.24) is 4.90 Å². The van der Waals surface area contributed by atoms with Crippen molar-refractivity contribution < 1.29 is 4.79 Å². The summed E-state index contributed by atoms with van der Waals surface area (Å²) >= 11 is 11.1. The minimum atomic E-state index is 0.188. The highest BCUT2D eigenvalue weighted by atomic mass is 35.5. The molecule has 1 aliphatic rings. The Kier molecular flexibility index (Phi) is 4.27. The molecular weight excluding hydrogens is 282 g/mol. The van der Waals surface area contributed by atoms with Gasteiger partial charge in [-0.25, -0.2) is 0 Å². The summed E-state index contributed by atoms with van der Waals surface area (Å²) in [6.45, 7) is 0.687. The molecule has 0 spiro atoms. The summed E-state index contributed by atoms with van der Waals surface area (Å²) in [5.41, 5.74) is 7.15. The monoisotopic (exact) mass is 297 g/mol. The van der Waals surface area contributed by atoms with E-state index in [4.69, 9.17) is 29.6 Å². The number of likely N-dealkylation sites (tertiary alicyclic amines) is 1. The van der Waals surface area contributed by atoms with Crippen molar-refractivity contribution in [3.8, 4) is 0 Å². The molecule has 0 radical (unpaired) electrons. The van der Waals surface area contributed by atoms with Crippen LogP contribution in [0.3, 0.4) is 0 Å². The van der Waals surface area contributed by atoms with Crippen LogP contribution in [0.4, 0.5) is 5.69 Å². The number of likely N-dealkylation sites (N-methyl/N-ethyl adjacent to an activating group) is 1. The summed E-state index contributed by atoms with van der Waals surface area (Å²) in [5, 5.41) is 3.94. The predicted octanol–water partition coefficient (Wildman–Crippen LogP) is 2.01. The second-order valence-electron chi connectivity index (χ2n) is 4.71. The summed E-state index contributed by atoms with van der Waals surface area (Å²) < 4.78 is 0. The van der Waals surface area contributed by atoms with E-state index >= 15 is 0 Å². The van der Waals surface area contributed by atoms with Crippen molar-refractivity contribution >= 4 is 40.4 Å². The number of hydrogen-bond donors (Lipinski definition) is 2. The molecule has 19 heavy (non-hydrogen) atoms. The number of benzene rings is 1. The van der Waals surface area contributed by atoms with Crippen LogP contribution in [-0.4, -0.2) is 35.4 Å². The molecule has 6 heteroatoms. The number of carbonyl (C=O) groups is 1. The second kappa shape index (κ2) is 5.75. The fourth-order valence-electron chi connectivity index (χ4n) is 2.14. The van der Waals surface area contributed by atoms with E-state index in [0.717, 1.165) is 17.7 Å². The van der Waals surface area contributed by atoms with Gasteiger partial charge in [0.25, 0.3) is 0 Å². The van der Waals surface area contributed by atoms with Crippen molar-refractivity contribution in [2.24, 2.45) is 5.73 Å². The average molecular weight is 298 g/mol. The first-order valence-corrected chi connectivity index (χ1v) is 6.86. The van der Waals surface area contributed by atoms with Gasteiger partial charge in [-0.2, -0.15) is 0 Å². The molecule has 0 bridgehead atoms. The van der Waals surface area contributed by atoms with Gasteiger partial charge < -0.3 is 16.0 Å². The minimum Gasteiger partial charge on any atom is -0.389 e. The van der Waals surface area contributed by atoms with Crippen molar-refractivity contribution in [2.75, 3.05) is 18.9 Å². The highest BCUT2D eigenvalue weighted by Crippen LogP contribution is 2.25. The first-order chi connectivity index (χ1) is 8.97. The van der Waals surface area contributed by atoms with E-state index in [1.54, 1.807) is 11.0 Å². The average Bonchev–Trinajstić information content (AvgIpc) is 2.36. The van der Waals surface area contributed by atoms with E-state index in [2.05, 4.69) is 5.32 Å². The van der Waals surface area contributed by atoms with E-state index in [-0.39, 0.29) is 11.9 Å². The number of thiocarbonyl (C=S) groups is 1. The Morgan fingerprint density at radius 1 is 1.58 bits per heavy atom. The molecule has 1 aliphatic heterocycles. The maximum Gasteiger partial charge on any atom is 0.222 e. The van der Waals surface area contributed by atoms with Crippen LogP contribution in [0.25, 0.3) is 0 Å². The summed E-state index contributed by atoms with van der Waals surface area (Å²) in [4.78, 5) is 13.5. The minimum absolute atomic E-state index is 0.188. The van der Waals surface area contributed by atoms with Crippen molar-refractivity contribution in [2.45, 2.75) is 18.9 Å². The number of nitrogens with one attached hydrogen (secondary N) is 1. The first-order valence-electron chi connectivity index (χ1n) is 6.07. The molecule has 1 fully saturated rings. The molecule has 1 heterocycles. The Bertz CT molecular complexity index is 521. The van der Waals surface area contributed by atoms with Gasteiger partial charge in [0.1, 0.15) is 4.99 Å². The van der Waals surface area contributed by atoms with Gasteiger partial charge in [0.15, 0.2) is 0 Å². The summed E-state index contributed by atoms with van der Waals surface area (Å²) in [5.74, 6) is 0.188. The lowest BCUT2D eigenvalue weighted by atomic mass is 10.1. The number of hydrogen-bond acceptors (Lipinski definition) is 3. The van der Waals surface area contributed by atoms with Crippen LogP contribution < -0.4 is 11.1 Å². The van der Waals surface area contributed by atoms with Crippen LogP contribution in [0.15, 0.2) is 18.2 Å². The van der Waals surface area contributed by atoms with E-state index < -0.39 is 0 Å². The van der Waals surface area contributed by atoms with E-state index in [1.165, 1.54) is 0 Å². The normalized spacial score (nSPS) is 19.4. The van der Waals surface area contributed by atoms with E-state index in [0.29, 0.717) is 23.0 Å². The van der Waals surface area contributed by atoms with Gasteiger partial charge in [-0.1, -0.05) is 23.8 Å². The molecule has 1 amide bonds. The third kappa shape index (κ3) is 3.36. The largest absolute Gasteiger partial charge is 0.389 e. The number of carbonyl (C=O) groups excluding carboxylic acids is 1. The third-order valence-electron chi connectivity index (χ3n) is 3.24. The SMILES string of the molecule is CN1CC(Nc2ccc(C(N)=S)cc2Cl)CCC1=O. The Balaban J connectivity index is 2.07. The van der Waals surface area contributed by atoms with Crippen LogP contribution in [0.1, 0.15) is 18.4 Å². The highest BCUT2D eigenvalue weighted by molar-refractivity contribution is 7.80. The predicted molar refractivity (Wildman–Crippen MR) is 81.6 cm³/mol. The molecule has 0 saturated carbocycles. The van der Waals surface area contributed by atoms with E-state index in [9.17, 15) is 4.79 Å². The fourth-order valence-corrected chi connectivity index (χ4v) is 2.50. The van der Waals surface area contributed by atoms with Crippen LogP contribution in [0.5, 0.6) is 0 Å². The number of piperidine rings is 1. The molecule has 4 nitrogen and oxygen atoms in total. The molecule has 1 atom stereocenters. The molecule has 1 saturated heterocycles. The highest BCUT2D eigenvalue weighted by Gasteiger charge is 2.23. The lowest BCUT2D eigenvalue weighted by molar-refractivity contribution is -0.132. The number of anilines is 1. The molecule has 1 aromatic rings. The lowest BCUT2D eigenvalue weighted by Crippen LogP contribution is -2.43. The third-order valence-corrected chi connectivity index (χ3v) is 3.79. The number of rotatable bonds is 3. The smallest absolute Gasteiger partial charge is 0.222 e. The molecule has 102 valence electrons. The van der Waals surface area contributed by atoms with Gasteiger partial charge in [0.2, 0.25) is 5.91 Å². The van der Waals surface area contributed by atoms with E-state index in [1.807, 2.05) is 19.2 Å². The van der Waals surface area contributed by atoms with Gasteiger partial charge in [-0.3, -0.25) is 4.79 Å². The van der Waals surface area contributed by atoms with Crippen LogP contribution in [-0.2, 0) is 4.79 Å².